The van der Waals surface area contributed by atoms with E-state index in [1.54, 1.807) is 4.57 Å². The van der Waals surface area contributed by atoms with Gasteiger partial charge in [-0.15, -0.1) is 0 Å². The summed E-state index contributed by atoms with van der Waals surface area (Å²) >= 11 is 0. The molecule has 1 N–H and O–H groups in total. The number of benzene rings is 2. The minimum Gasteiger partial charge on any atom is -0.339 e. The van der Waals surface area contributed by atoms with E-state index in [0.29, 0.717) is 41.9 Å². The Kier molecular flexibility index (Phi) is 7.45. The van der Waals surface area contributed by atoms with Gasteiger partial charge in [0.1, 0.15) is 5.82 Å². The average molecular weight is 553 g/mol. The summed E-state index contributed by atoms with van der Waals surface area (Å²) in [7, 11) is 0. The summed E-state index contributed by atoms with van der Waals surface area (Å²) in [6.45, 7) is 4.35. The van der Waals surface area contributed by atoms with Gasteiger partial charge in [0.15, 0.2) is 11.6 Å². The SMILES string of the molecule is CCCc1nc(C)c(Cc2nc(C3CCCC3)no2)c(=O)n1Cc1ccc(-c2ccccc2-c2noc(=O)[nH]2)cc1. The molecule has 1 aliphatic rings. The van der Waals surface area contributed by atoms with Gasteiger partial charge in [0, 0.05) is 29.2 Å². The number of aromatic nitrogens is 6. The van der Waals surface area contributed by atoms with Crippen molar-refractivity contribution in [2.45, 2.75) is 71.3 Å². The maximum Gasteiger partial charge on any atom is 0.439 e. The molecule has 0 unspecified atom stereocenters. The van der Waals surface area contributed by atoms with Gasteiger partial charge in [0.05, 0.1) is 13.0 Å². The van der Waals surface area contributed by atoms with Crippen LogP contribution in [0.3, 0.4) is 0 Å². The lowest BCUT2D eigenvalue weighted by atomic mass is 9.98. The molecular weight excluding hydrogens is 520 g/mol. The summed E-state index contributed by atoms with van der Waals surface area (Å²) in [5.74, 6) is 2.10. The van der Waals surface area contributed by atoms with Gasteiger partial charge >= 0.3 is 5.76 Å². The van der Waals surface area contributed by atoms with E-state index >= 15 is 0 Å². The van der Waals surface area contributed by atoms with E-state index in [4.69, 9.17) is 14.0 Å². The second-order valence-electron chi connectivity index (χ2n) is 10.6. The first kappa shape index (κ1) is 26.6. The molecule has 10 heteroatoms. The average Bonchev–Trinajstić information content (AvgIpc) is 3.76. The van der Waals surface area contributed by atoms with Crippen molar-refractivity contribution in [1.82, 2.24) is 29.8 Å². The van der Waals surface area contributed by atoms with Gasteiger partial charge in [-0.1, -0.05) is 78.6 Å². The molecule has 0 atom stereocenters. The minimum absolute atomic E-state index is 0.0778. The molecule has 6 rings (SSSR count). The topological polar surface area (TPSA) is 133 Å². The van der Waals surface area contributed by atoms with Crippen LogP contribution in [0.5, 0.6) is 0 Å². The van der Waals surface area contributed by atoms with Crippen LogP contribution in [0.4, 0.5) is 0 Å². The Balaban J connectivity index is 1.28. The predicted octanol–water partition coefficient (Wildman–Crippen LogP) is 5.19. The molecule has 0 saturated heterocycles. The molecule has 41 heavy (non-hydrogen) atoms. The van der Waals surface area contributed by atoms with Gasteiger partial charge in [-0.3, -0.25) is 18.9 Å². The minimum atomic E-state index is -0.599. The number of aromatic amines is 1. The van der Waals surface area contributed by atoms with Crippen LogP contribution in [0.1, 0.15) is 79.3 Å². The van der Waals surface area contributed by atoms with Crippen LogP contribution in [-0.4, -0.2) is 29.8 Å². The van der Waals surface area contributed by atoms with Gasteiger partial charge in [0.2, 0.25) is 5.89 Å². The number of aryl methyl sites for hydroxylation is 2. The second kappa shape index (κ2) is 11.5. The molecule has 0 spiro atoms. The third-order valence-electron chi connectivity index (χ3n) is 7.78. The Morgan fingerprint density at radius 2 is 1.71 bits per heavy atom. The Hall–Kier alpha value is -4.60. The van der Waals surface area contributed by atoms with Gasteiger partial charge < -0.3 is 4.52 Å². The monoisotopic (exact) mass is 552 g/mol. The molecule has 0 radical (unpaired) electrons. The van der Waals surface area contributed by atoms with Crippen molar-refractivity contribution < 1.29 is 9.05 Å². The highest BCUT2D eigenvalue weighted by molar-refractivity contribution is 5.80. The predicted molar refractivity (Wildman–Crippen MR) is 153 cm³/mol. The summed E-state index contributed by atoms with van der Waals surface area (Å²) in [6, 6.07) is 15.7. The zero-order valence-corrected chi connectivity index (χ0v) is 23.2. The summed E-state index contributed by atoms with van der Waals surface area (Å²) in [4.78, 5) is 37.4. The number of nitrogens with one attached hydrogen (secondary N) is 1. The van der Waals surface area contributed by atoms with Crippen LogP contribution in [0.25, 0.3) is 22.5 Å². The van der Waals surface area contributed by atoms with Gasteiger partial charge in [-0.25, -0.2) is 9.78 Å². The standard InChI is InChI=1S/C31H32N6O4/c1-3-8-26-32-19(2)25(17-27-33-28(35-40-27)22-9-4-5-10-22)30(38)37(26)18-20-13-15-21(16-14-20)23-11-6-7-12-24(23)29-34-31(39)41-36-29/h6-7,11-16,22H,3-5,8-10,17-18H2,1-2H3,(H,34,36,39). The first-order chi connectivity index (χ1) is 20.0. The maximum atomic E-state index is 13.8. The van der Waals surface area contributed by atoms with E-state index in [9.17, 15) is 9.59 Å². The molecular formula is C31H32N6O4. The number of nitrogens with zero attached hydrogens (tertiary/aromatic N) is 5. The largest absolute Gasteiger partial charge is 0.439 e. The van der Waals surface area contributed by atoms with Crippen LogP contribution < -0.4 is 11.3 Å². The van der Waals surface area contributed by atoms with Crippen molar-refractivity contribution in [2.75, 3.05) is 0 Å². The Morgan fingerprint density at radius 1 is 0.951 bits per heavy atom. The highest BCUT2D eigenvalue weighted by atomic mass is 16.5. The highest BCUT2D eigenvalue weighted by Gasteiger charge is 2.24. The summed E-state index contributed by atoms with van der Waals surface area (Å²) < 4.78 is 12.0. The van der Waals surface area contributed by atoms with Crippen molar-refractivity contribution in [3.05, 3.63) is 104 Å². The third kappa shape index (κ3) is 5.54. The molecule has 1 saturated carbocycles. The molecule has 0 amide bonds. The molecule has 3 heterocycles. The first-order valence-electron chi connectivity index (χ1n) is 14.2. The molecule has 1 fully saturated rings. The lowest BCUT2D eigenvalue weighted by Gasteiger charge is -2.16. The number of H-pyrrole nitrogens is 1. The molecule has 1 aliphatic carbocycles. The van der Waals surface area contributed by atoms with Crippen molar-refractivity contribution in [2.24, 2.45) is 0 Å². The summed E-state index contributed by atoms with van der Waals surface area (Å²) in [6.07, 6.45) is 6.39. The second-order valence-corrected chi connectivity index (χ2v) is 10.6. The van der Waals surface area contributed by atoms with Crippen LogP contribution >= 0.6 is 0 Å². The van der Waals surface area contributed by atoms with Crippen molar-refractivity contribution in [3.8, 4) is 22.5 Å². The van der Waals surface area contributed by atoms with Crippen LogP contribution in [0.15, 0.2) is 67.2 Å². The Morgan fingerprint density at radius 3 is 2.41 bits per heavy atom. The van der Waals surface area contributed by atoms with Crippen LogP contribution in [-0.2, 0) is 19.4 Å². The van der Waals surface area contributed by atoms with Gasteiger partial charge in [-0.05, 0) is 42.9 Å². The molecule has 3 aromatic heterocycles. The number of rotatable bonds is 9. The maximum absolute atomic E-state index is 13.8. The van der Waals surface area contributed by atoms with E-state index in [-0.39, 0.29) is 12.0 Å². The van der Waals surface area contributed by atoms with E-state index in [0.717, 1.165) is 53.2 Å². The van der Waals surface area contributed by atoms with Crippen molar-refractivity contribution in [3.63, 3.8) is 0 Å². The quantitative estimate of drug-likeness (QED) is 0.264. The number of hydrogen-bond donors (Lipinski definition) is 1. The summed E-state index contributed by atoms with van der Waals surface area (Å²) in [5.41, 5.74) is 4.79. The molecule has 0 aliphatic heterocycles. The van der Waals surface area contributed by atoms with E-state index in [1.165, 1.54) is 12.8 Å². The van der Waals surface area contributed by atoms with E-state index in [2.05, 4.69) is 27.2 Å². The molecule has 210 valence electrons. The Bertz CT molecular complexity index is 1770. The van der Waals surface area contributed by atoms with E-state index in [1.807, 2.05) is 55.5 Å². The molecule has 0 bridgehead atoms. The first-order valence-corrected chi connectivity index (χ1v) is 14.2. The number of hydrogen-bond acceptors (Lipinski definition) is 8. The van der Waals surface area contributed by atoms with Gasteiger partial charge in [0.25, 0.3) is 5.56 Å². The lowest BCUT2D eigenvalue weighted by molar-refractivity contribution is 0.374. The zero-order valence-electron chi connectivity index (χ0n) is 23.2. The molecule has 5 aromatic rings. The summed E-state index contributed by atoms with van der Waals surface area (Å²) in [5, 5.41) is 8.05. The smallest absolute Gasteiger partial charge is 0.339 e. The van der Waals surface area contributed by atoms with Crippen molar-refractivity contribution in [1.29, 1.82) is 0 Å². The van der Waals surface area contributed by atoms with E-state index < -0.39 is 5.76 Å². The fourth-order valence-corrected chi connectivity index (χ4v) is 5.64. The lowest BCUT2D eigenvalue weighted by Crippen LogP contribution is -2.30. The van der Waals surface area contributed by atoms with Crippen LogP contribution in [0, 0.1) is 6.92 Å². The van der Waals surface area contributed by atoms with Crippen LogP contribution in [0.2, 0.25) is 0 Å². The Labute approximate surface area is 236 Å². The van der Waals surface area contributed by atoms with Gasteiger partial charge in [-0.2, -0.15) is 4.98 Å². The van der Waals surface area contributed by atoms with Crippen molar-refractivity contribution >= 4 is 0 Å². The third-order valence-corrected chi connectivity index (χ3v) is 7.78. The fraction of sp³-hybridized carbons (Fsp3) is 0.355. The molecule has 10 nitrogen and oxygen atoms in total. The molecule has 2 aromatic carbocycles. The normalized spacial score (nSPS) is 13.7. The highest BCUT2D eigenvalue weighted by Crippen LogP contribution is 2.32. The zero-order chi connectivity index (χ0) is 28.3. The fourth-order valence-electron chi connectivity index (χ4n) is 5.64.